The molecule has 0 saturated carbocycles. The van der Waals surface area contributed by atoms with Gasteiger partial charge in [0.2, 0.25) is 0 Å². The number of aromatic carboxylic acids is 1. The molecule has 3 nitrogen and oxygen atoms in total. The van der Waals surface area contributed by atoms with E-state index in [2.05, 4.69) is 20.9 Å². The summed E-state index contributed by atoms with van der Waals surface area (Å²) in [6.45, 7) is 0. The van der Waals surface area contributed by atoms with E-state index in [0.29, 0.717) is 4.47 Å². The number of carboxylic acid groups (broad SMARTS) is 1. The van der Waals surface area contributed by atoms with Crippen molar-refractivity contribution in [3.63, 3.8) is 0 Å². The summed E-state index contributed by atoms with van der Waals surface area (Å²) in [7, 11) is 0. The molecular weight excluding hydrogens is 198 g/mol. The molecule has 0 aliphatic heterocycles. The van der Waals surface area contributed by atoms with Gasteiger partial charge < -0.3 is 9.90 Å². The topological polar surface area (TPSA) is 53.0 Å². The predicted molar refractivity (Wildman–Crippen MR) is 36.3 cm³/mol. The third-order valence-electron chi connectivity index (χ3n) is 0.992. The first-order chi connectivity index (χ1) is 4.72. The summed E-state index contributed by atoms with van der Waals surface area (Å²) in [6.07, 6.45) is 2.81. The fraction of sp³-hybridized carbons (Fsp3) is 0. The van der Waals surface area contributed by atoms with Gasteiger partial charge in [-0.3, -0.25) is 4.98 Å². The van der Waals surface area contributed by atoms with E-state index in [4.69, 9.17) is 0 Å². The van der Waals surface area contributed by atoms with Gasteiger partial charge in [0.05, 0.1) is 5.97 Å². The van der Waals surface area contributed by atoms with E-state index in [1.54, 1.807) is 0 Å². The zero-order valence-corrected chi connectivity index (χ0v) is 6.46. The van der Waals surface area contributed by atoms with Crippen LogP contribution in [0.3, 0.4) is 0 Å². The minimum Gasteiger partial charge on any atom is -0.545 e. The van der Waals surface area contributed by atoms with Crippen LogP contribution in [0.2, 0.25) is 0 Å². The molecule has 1 heterocycles. The third-order valence-corrected chi connectivity index (χ3v) is 1.62. The highest BCUT2D eigenvalue weighted by Gasteiger charge is 1.96. The molecule has 0 aliphatic carbocycles. The van der Waals surface area contributed by atoms with Gasteiger partial charge in [0.1, 0.15) is 0 Å². The van der Waals surface area contributed by atoms with E-state index < -0.39 is 5.97 Å². The van der Waals surface area contributed by atoms with Gasteiger partial charge in [-0.05, 0) is 22.0 Å². The molecule has 52 valence electrons. The van der Waals surface area contributed by atoms with E-state index in [-0.39, 0.29) is 5.56 Å². The summed E-state index contributed by atoms with van der Waals surface area (Å²) in [4.78, 5) is 13.9. The van der Waals surface area contributed by atoms with Crippen LogP contribution in [0.25, 0.3) is 0 Å². The van der Waals surface area contributed by atoms with Crippen molar-refractivity contribution in [1.82, 2.24) is 4.98 Å². The van der Waals surface area contributed by atoms with Gasteiger partial charge in [-0.1, -0.05) is 0 Å². The zero-order chi connectivity index (χ0) is 7.56. The molecule has 1 rings (SSSR count). The van der Waals surface area contributed by atoms with Gasteiger partial charge in [0.15, 0.2) is 0 Å². The largest absolute Gasteiger partial charge is 0.545 e. The molecule has 0 atom stereocenters. The molecule has 1 aromatic rings. The average molecular weight is 201 g/mol. The van der Waals surface area contributed by atoms with Gasteiger partial charge >= 0.3 is 0 Å². The van der Waals surface area contributed by atoms with Crippen LogP contribution in [0.1, 0.15) is 10.4 Å². The number of carbonyl (C=O) groups excluding carboxylic acids is 1. The maximum Gasteiger partial charge on any atom is 0.0727 e. The first-order valence-corrected chi connectivity index (χ1v) is 3.32. The number of halogens is 1. The fourth-order valence-corrected chi connectivity index (χ4v) is 0.953. The number of nitrogens with zero attached hydrogens (tertiary/aromatic N) is 1. The quantitative estimate of drug-likeness (QED) is 0.652. The predicted octanol–water partition coefficient (Wildman–Crippen LogP) is 0.208. The highest BCUT2D eigenvalue weighted by Crippen LogP contribution is 2.12. The lowest BCUT2D eigenvalue weighted by molar-refractivity contribution is -0.255. The van der Waals surface area contributed by atoms with Crippen molar-refractivity contribution in [2.24, 2.45) is 0 Å². The summed E-state index contributed by atoms with van der Waals surface area (Å²) in [6, 6.07) is 1.37. The van der Waals surface area contributed by atoms with Gasteiger partial charge in [-0.25, -0.2) is 0 Å². The van der Waals surface area contributed by atoms with Gasteiger partial charge in [-0.15, -0.1) is 0 Å². The molecule has 10 heavy (non-hydrogen) atoms. The van der Waals surface area contributed by atoms with Crippen LogP contribution in [0.4, 0.5) is 0 Å². The summed E-state index contributed by atoms with van der Waals surface area (Å²) in [5.74, 6) is -1.20. The van der Waals surface area contributed by atoms with Gasteiger partial charge in [0, 0.05) is 22.4 Å². The van der Waals surface area contributed by atoms with Crippen molar-refractivity contribution in [1.29, 1.82) is 0 Å². The van der Waals surface area contributed by atoms with Crippen molar-refractivity contribution < 1.29 is 9.90 Å². The lowest BCUT2D eigenvalue weighted by atomic mass is 10.3. The van der Waals surface area contributed by atoms with Crippen molar-refractivity contribution >= 4 is 21.9 Å². The van der Waals surface area contributed by atoms with Crippen LogP contribution in [0.15, 0.2) is 22.9 Å². The van der Waals surface area contributed by atoms with Crippen molar-refractivity contribution in [2.45, 2.75) is 0 Å². The highest BCUT2D eigenvalue weighted by atomic mass is 79.9. The number of carbonyl (C=O) groups is 1. The molecule has 0 saturated heterocycles. The fourth-order valence-electron chi connectivity index (χ4n) is 0.541. The summed E-state index contributed by atoms with van der Waals surface area (Å²) >= 11 is 3.01. The van der Waals surface area contributed by atoms with Crippen molar-refractivity contribution in [2.75, 3.05) is 0 Å². The Hall–Kier alpha value is -0.900. The molecule has 0 N–H and O–H groups in total. The molecule has 0 aliphatic rings. The average Bonchev–Trinajstić information content (AvgIpc) is 1.88. The monoisotopic (exact) mass is 200 g/mol. The van der Waals surface area contributed by atoms with E-state index in [0.717, 1.165) is 0 Å². The van der Waals surface area contributed by atoms with Crippen molar-refractivity contribution in [3.05, 3.63) is 28.5 Å². The van der Waals surface area contributed by atoms with E-state index in [1.165, 1.54) is 18.5 Å². The number of rotatable bonds is 1. The Morgan fingerprint density at radius 1 is 1.70 bits per heavy atom. The standard InChI is InChI=1S/C6H4BrNO2/c7-5-3-8-2-1-4(5)6(9)10/h1-3H,(H,9,10)/p-1. The molecule has 0 amide bonds. The highest BCUT2D eigenvalue weighted by molar-refractivity contribution is 9.10. The van der Waals surface area contributed by atoms with Crippen LogP contribution >= 0.6 is 15.9 Å². The minimum absolute atomic E-state index is 0.120. The molecule has 0 unspecified atom stereocenters. The van der Waals surface area contributed by atoms with Gasteiger partial charge in [-0.2, -0.15) is 0 Å². The molecule has 4 heteroatoms. The molecule has 0 aromatic carbocycles. The number of aromatic nitrogens is 1. The first-order valence-electron chi connectivity index (χ1n) is 2.52. The zero-order valence-electron chi connectivity index (χ0n) is 4.87. The van der Waals surface area contributed by atoms with Crippen LogP contribution in [-0.2, 0) is 0 Å². The lowest BCUT2D eigenvalue weighted by Crippen LogP contribution is -2.22. The maximum absolute atomic E-state index is 10.3. The second kappa shape index (κ2) is 2.79. The third kappa shape index (κ3) is 1.33. The number of hydrogen-bond acceptors (Lipinski definition) is 3. The first kappa shape index (κ1) is 7.21. The second-order valence-corrected chi connectivity index (χ2v) is 2.50. The Morgan fingerprint density at radius 3 is 2.80 bits per heavy atom. The molecule has 0 bridgehead atoms. The Kier molecular flexibility index (Phi) is 2.01. The Balaban J connectivity index is 3.15. The molecule has 1 aromatic heterocycles. The van der Waals surface area contributed by atoms with Crippen LogP contribution in [0, 0.1) is 0 Å². The van der Waals surface area contributed by atoms with Crippen LogP contribution < -0.4 is 5.11 Å². The Labute approximate surface area is 65.8 Å². The van der Waals surface area contributed by atoms with E-state index in [9.17, 15) is 9.90 Å². The van der Waals surface area contributed by atoms with Crippen LogP contribution in [0.5, 0.6) is 0 Å². The number of hydrogen-bond donors (Lipinski definition) is 0. The second-order valence-electron chi connectivity index (χ2n) is 1.64. The van der Waals surface area contributed by atoms with Crippen molar-refractivity contribution in [3.8, 4) is 0 Å². The Morgan fingerprint density at radius 2 is 2.40 bits per heavy atom. The SMILES string of the molecule is O=C([O-])c1ccncc1Br. The summed E-state index contributed by atoms with van der Waals surface area (Å²) in [5, 5.41) is 10.3. The molecular formula is C6H3BrNO2-. The summed E-state index contributed by atoms with van der Waals surface area (Å²) < 4.78 is 0.440. The maximum atomic E-state index is 10.3. The molecule has 0 fully saturated rings. The molecule has 0 radical (unpaired) electrons. The van der Waals surface area contributed by atoms with E-state index >= 15 is 0 Å². The normalized spacial score (nSPS) is 9.30. The Bertz CT molecular complexity index is 262. The lowest BCUT2D eigenvalue weighted by Gasteiger charge is -2.01. The molecule has 0 spiro atoms. The summed E-state index contributed by atoms with van der Waals surface area (Å²) in [5.41, 5.74) is 0.120. The number of carboxylic acids is 1. The van der Waals surface area contributed by atoms with Crippen LogP contribution in [-0.4, -0.2) is 11.0 Å². The smallest absolute Gasteiger partial charge is 0.0727 e. The van der Waals surface area contributed by atoms with Gasteiger partial charge in [0.25, 0.3) is 0 Å². The minimum atomic E-state index is -1.20. The van der Waals surface area contributed by atoms with E-state index in [1.807, 2.05) is 0 Å². The number of pyridine rings is 1.